The molecule has 2 aliphatic heterocycles. The van der Waals surface area contributed by atoms with Crippen LogP contribution in [0.2, 0.25) is 0 Å². The van der Waals surface area contributed by atoms with Gasteiger partial charge in [0, 0.05) is 75.9 Å². The Morgan fingerprint density at radius 3 is 1.67 bits per heavy atom. The molecule has 0 radical (unpaired) electrons. The van der Waals surface area contributed by atoms with Crippen LogP contribution in [0.5, 0.6) is 5.75 Å². The number of hydrogen-bond acceptors (Lipinski definition) is 9. The molecule has 0 aliphatic carbocycles. The first-order chi connectivity index (χ1) is 20.0. The van der Waals surface area contributed by atoms with E-state index in [1.54, 1.807) is 24.1 Å². The van der Waals surface area contributed by atoms with Crippen molar-refractivity contribution in [3.63, 3.8) is 0 Å². The van der Waals surface area contributed by atoms with Crippen molar-refractivity contribution in [3.05, 3.63) is 86.5 Å². The van der Waals surface area contributed by atoms with E-state index in [4.69, 9.17) is 4.74 Å². The average Bonchev–Trinajstić information content (AvgIpc) is 3.00. The Morgan fingerprint density at radius 2 is 1.14 bits per heavy atom. The first-order valence-corrected chi connectivity index (χ1v) is 13.3. The van der Waals surface area contributed by atoms with Gasteiger partial charge in [-0.2, -0.15) is 13.2 Å². The van der Waals surface area contributed by atoms with Gasteiger partial charge in [0.2, 0.25) is 0 Å². The number of anilines is 4. The lowest BCUT2D eigenvalue weighted by Gasteiger charge is -2.39. The van der Waals surface area contributed by atoms with Gasteiger partial charge in [0.1, 0.15) is 17.1 Å². The van der Waals surface area contributed by atoms with Crippen molar-refractivity contribution in [3.8, 4) is 5.75 Å². The van der Waals surface area contributed by atoms with E-state index in [0.29, 0.717) is 64.1 Å². The Kier molecular flexibility index (Phi) is 7.96. The lowest BCUT2D eigenvalue weighted by molar-refractivity contribution is -0.384. The van der Waals surface area contributed by atoms with Gasteiger partial charge in [0.15, 0.2) is 0 Å². The van der Waals surface area contributed by atoms with E-state index >= 15 is 0 Å². The van der Waals surface area contributed by atoms with E-state index in [1.165, 1.54) is 6.07 Å². The number of ether oxygens (including phenoxy) is 1. The molecule has 0 unspecified atom stereocenters. The van der Waals surface area contributed by atoms with Crippen LogP contribution in [-0.4, -0.2) is 69.3 Å². The fourth-order valence-corrected chi connectivity index (χ4v) is 5.43. The molecular formula is C28H29F3N6O5. The number of rotatable bonds is 7. The molecule has 0 saturated carbocycles. The zero-order chi connectivity index (χ0) is 30.0. The van der Waals surface area contributed by atoms with Gasteiger partial charge in [0.25, 0.3) is 11.4 Å². The number of halogens is 3. The molecule has 5 rings (SSSR count). The van der Waals surface area contributed by atoms with Crippen molar-refractivity contribution in [1.82, 2.24) is 0 Å². The van der Waals surface area contributed by atoms with E-state index in [9.17, 15) is 33.4 Å². The topological polar surface area (TPSA) is 108 Å². The van der Waals surface area contributed by atoms with Crippen LogP contribution in [0.4, 0.5) is 47.3 Å². The molecule has 2 saturated heterocycles. The molecule has 2 fully saturated rings. The Balaban J connectivity index is 1.29. The third-order valence-corrected chi connectivity index (χ3v) is 7.70. The molecule has 0 N–H and O–H groups in total. The second-order valence-corrected chi connectivity index (χ2v) is 10.0. The third-order valence-electron chi connectivity index (χ3n) is 7.70. The Morgan fingerprint density at radius 1 is 0.643 bits per heavy atom. The van der Waals surface area contributed by atoms with Crippen molar-refractivity contribution in [2.24, 2.45) is 0 Å². The number of methoxy groups -OCH3 is 1. The van der Waals surface area contributed by atoms with Crippen LogP contribution in [-0.2, 0) is 6.18 Å². The van der Waals surface area contributed by atoms with E-state index < -0.39 is 27.3 Å². The summed E-state index contributed by atoms with van der Waals surface area (Å²) in [6, 6.07) is 15.3. The lowest BCUT2D eigenvalue weighted by Crippen LogP contribution is -2.47. The quantitative estimate of drug-likeness (QED) is 0.273. The summed E-state index contributed by atoms with van der Waals surface area (Å²) >= 11 is 0. The van der Waals surface area contributed by atoms with Gasteiger partial charge in [-0.15, -0.1) is 0 Å². The summed E-state index contributed by atoms with van der Waals surface area (Å²) in [7, 11) is 1.61. The maximum atomic E-state index is 13.1. The largest absolute Gasteiger partial charge is 0.497 e. The number of nitrogens with zero attached hydrogens (tertiary/aromatic N) is 6. The summed E-state index contributed by atoms with van der Waals surface area (Å²) in [4.78, 5) is 30.2. The van der Waals surface area contributed by atoms with Crippen LogP contribution in [0.25, 0.3) is 0 Å². The zero-order valence-electron chi connectivity index (χ0n) is 22.8. The van der Waals surface area contributed by atoms with E-state index in [2.05, 4.69) is 4.90 Å². The Hall–Kier alpha value is -4.75. The van der Waals surface area contributed by atoms with Gasteiger partial charge in [-0.3, -0.25) is 20.2 Å². The minimum atomic E-state index is -4.68. The van der Waals surface area contributed by atoms with Crippen LogP contribution in [0.1, 0.15) is 5.56 Å². The lowest BCUT2D eigenvalue weighted by atomic mass is 10.1. The first kappa shape index (κ1) is 28.8. The predicted octanol–water partition coefficient (Wildman–Crippen LogP) is 5.18. The fraction of sp³-hybridized carbons (Fsp3) is 0.357. The fourth-order valence-electron chi connectivity index (χ4n) is 5.43. The Bertz CT molecular complexity index is 1450. The van der Waals surface area contributed by atoms with Crippen LogP contribution >= 0.6 is 0 Å². The highest BCUT2D eigenvalue weighted by Crippen LogP contribution is 2.38. The maximum absolute atomic E-state index is 13.1. The highest BCUT2D eigenvalue weighted by Gasteiger charge is 2.34. The summed E-state index contributed by atoms with van der Waals surface area (Å²) in [6.07, 6.45) is -4.68. The van der Waals surface area contributed by atoms with Crippen LogP contribution in [0.3, 0.4) is 0 Å². The van der Waals surface area contributed by atoms with E-state index in [1.807, 2.05) is 34.1 Å². The molecule has 0 spiro atoms. The number of hydrogen-bond donors (Lipinski definition) is 0. The van der Waals surface area contributed by atoms with Crippen molar-refractivity contribution in [2.75, 3.05) is 79.1 Å². The molecule has 11 nitrogen and oxygen atoms in total. The number of piperazine rings is 2. The number of nitro benzene ring substituents is 2. The second kappa shape index (κ2) is 11.6. The predicted molar refractivity (Wildman–Crippen MR) is 153 cm³/mol. The number of nitro groups is 2. The van der Waals surface area contributed by atoms with Crippen molar-refractivity contribution >= 4 is 34.1 Å². The zero-order valence-corrected chi connectivity index (χ0v) is 22.8. The van der Waals surface area contributed by atoms with Crippen LogP contribution in [0, 0.1) is 20.2 Å². The third kappa shape index (κ3) is 5.97. The van der Waals surface area contributed by atoms with Crippen molar-refractivity contribution in [1.29, 1.82) is 0 Å². The van der Waals surface area contributed by atoms with Crippen molar-refractivity contribution in [2.45, 2.75) is 6.18 Å². The molecule has 0 bridgehead atoms. The minimum Gasteiger partial charge on any atom is -0.497 e. The molecule has 222 valence electrons. The highest BCUT2D eigenvalue weighted by atomic mass is 19.4. The van der Waals surface area contributed by atoms with E-state index in [-0.39, 0.29) is 11.4 Å². The van der Waals surface area contributed by atoms with Gasteiger partial charge in [-0.05, 0) is 48.5 Å². The smallest absolute Gasteiger partial charge is 0.416 e. The monoisotopic (exact) mass is 586 g/mol. The molecule has 42 heavy (non-hydrogen) atoms. The molecule has 14 heteroatoms. The summed E-state index contributed by atoms with van der Waals surface area (Å²) in [5, 5.41) is 23.4. The van der Waals surface area contributed by atoms with Crippen molar-refractivity contribution < 1.29 is 27.8 Å². The van der Waals surface area contributed by atoms with Gasteiger partial charge in [-0.1, -0.05) is 0 Å². The number of alkyl halides is 3. The summed E-state index contributed by atoms with van der Waals surface area (Å²) < 4.78 is 44.6. The van der Waals surface area contributed by atoms with Gasteiger partial charge >= 0.3 is 6.18 Å². The summed E-state index contributed by atoms with van der Waals surface area (Å²) in [5.74, 6) is 0.767. The molecule has 0 aromatic heterocycles. The SMILES string of the molecule is COc1ccc(N2CCN(c3cc(N4CCN(c5ccc(C(F)(F)F)cc5[N+](=O)[O-])CC4)ccc3[N+](=O)[O-])CC2)cc1. The summed E-state index contributed by atoms with van der Waals surface area (Å²) in [6.45, 7) is 4.05. The average molecular weight is 587 g/mol. The molecule has 0 amide bonds. The standard InChI is InChI=1S/C28H29F3N6O5/c1-42-23-6-3-21(4-7-23)32-10-16-35(17-11-32)26-19-22(5-9-25(26)36(38)39)33-12-14-34(15-13-33)24-8-2-20(28(29,30)31)18-27(24)37(40)41/h2-9,18-19H,10-17H2,1H3. The van der Waals surface area contributed by atoms with Crippen LogP contribution < -0.4 is 24.3 Å². The molecule has 3 aromatic carbocycles. The first-order valence-electron chi connectivity index (χ1n) is 13.3. The molecule has 2 aliphatic rings. The van der Waals surface area contributed by atoms with E-state index in [0.717, 1.165) is 29.3 Å². The minimum absolute atomic E-state index is 0.00987. The van der Waals surface area contributed by atoms with Gasteiger partial charge < -0.3 is 24.3 Å². The Labute approximate surface area is 239 Å². The molecule has 0 atom stereocenters. The molecule has 2 heterocycles. The second-order valence-electron chi connectivity index (χ2n) is 10.0. The highest BCUT2D eigenvalue weighted by molar-refractivity contribution is 5.72. The number of benzene rings is 3. The molecule has 3 aromatic rings. The summed E-state index contributed by atoms with van der Waals surface area (Å²) in [5.41, 5.74) is 0.819. The van der Waals surface area contributed by atoms with Crippen LogP contribution in [0.15, 0.2) is 60.7 Å². The van der Waals surface area contributed by atoms with Gasteiger partial charge in [0.05, 0.1) is 22.5 Å². The molecular weight excluding hydrogens is 557 g/mol. The maximum Gasteiger partial charge on any atom is 0.416 e. The normalized spacial score (nSPS) is 16.0. The van der Waals surface area contributed by atoms with Gasteiger partial charge in [-0.25, -0.2) is 0 Å².